The molecule has 2 rings (SSSR count). The molecule has 0 aliphatic heterocycles. The number of likely N-dealkylation sites (N-methyl/N-ethyl adjacent to an activating group) is 1. The molecule has 154 valence electrons. The van der Waals surface area contributed by atoms with Crippen molar-refractivity contribution in [1.82, 2.24) is 9.62 Å². The third kappa shape index (κ3) is 7.98. The van der Waals surface area contributed by atoms with Gasteiger partial charge in [0.05, 0.1) is 19.5 Å². The lowest BCUT2D eigenvalue weighted by Gasteiger charge is -2.22. The predicted molar refractivity (Wildman–Crippen MR) is 112 cm³/mol. The number of nitrogens with one attached hydrogen (secondary N) is 1. The number of aliphatic hydroxyl groups excluding tert-OH is 1. The summed E-state index contributed by atoms with van der Waals surface area (Å²) >= 11 is 0. The summed E-state index contributed by atoms with van der Waals surface area (Å²) in [6.45, 7) is 1.29. The summed E-state index contributed by atoms with van der Waals surface area (Å²) in [5.41, 5.74) is 2.35. The van der Waals surface area contributed by atoms with Gasteiger partial charge >= 0.3 is 0 Å². The van der Waals surface area contributed by atoms with Crippen molar-refractivity contribution < 1.29 is 18.3 Å². The molecule has 0 saturated heterocycles. The van der Waals surface area contributed by atoms with Crippen LogP contribution in [-0.2, 0) is 23.0 Å². The van der Waals surface area contributed by atoms with Gasteiger partial charge < -0.3 is 15.2 Å². The maximum Gasteiger partial charge on any atom is 0.211 e. The second-order valence-electron chi connectivity index (χ2n) is 6.89. The number of aryl methyl sites for hydroxylation is 1. The van der Waals surface area contributed by atoms with Gasteiger partial charge in [0.25, 0.3) is 0 Å². The first-order valence-electron chi connectivity index (χ1n) is 9.39. The molecule has 0 amide bonds. The summed E-state index contributed by atoms with van der Waals surface area (Å²) in [5.74, 6) is 0.826. The summed E-state index contributed by atoms with van der Waals surface area (Å²) < 4.78 is 30.0. The van der Waals surface area contributed by atoms with Crippen LogP contribution in [0, 0.1) is 0 Å². The average molecular weight is 407 g/mol. The van der Waals surface area contributed by atoms with Gasteiger partial charge in [0.2, 0.25) is 10.0 Å². The molecular weight excluding hydrogens is 376 g/mol. The fourth-order valence-corrected chi connectivity index (χ4v) is 3.16. The molecule has 0 spiro atoms. The SMILES string of the molecule is CN(CC(CO)NCc1ccc(OCCCc2ccccc2)cc1)S(C)(=O)=O. The second-order valence-corrected chi connectivity index (χ2v) is 8.97. The van der Waals surface area contributed by atoms with Gasteiger partial charge in [0, 0.05) is 26.2 Å². The Balaban J connectivity index is 1.72. The molecular formula is C21H30N2O4S. The monoisotopic (exact) mass is 406 g/mol. The number of benzene rings is 2. The Morgan fingerprint density at radius 3 is 2.36 bits per heavy atom. The normalized spacial score (nSPS) is 12.9. The van der Waals surface area contributed by atoms with E-state index in [1.165, 1.54) is 16.9 Å². The minimum Gasteiger partial charge on any atom is -0.494 e. The van der Waals surface area contributed by atoms with E-state index in [0.29, 0.717) is 13.2 Å². The van der Waals surface area contributed by atoms with Gasteiger partial charge in [0.15, 0.2) is 0 Å². The van der Waals surface area contributed by atoms with Crippen LogP contribution in [-0.4, -0.2) is 56.9 Å². The molecule has 0 fully saturated rings. The number of hydrogen-bond donors (Lipinski definition) is 2. The van der Waals surface area contributed by atoms with E-state index in [-0.39, 0.29) is 19.2 Å². The van der Waals surface area contributed by atoms with Crippen LogP contribution in [0.5, 0.6) is 5.75 Å². The van der Waals surface area contributed by atoms with Crippen LogP contribution in [0.15, 0.2) is 54.6 Å². The molecule has 2 N–H and O–H groups in total. The lowest BCUT2D eigenvalue weighted by Crippen LogP contribution is -2.43. The highest BCUT2D eigenvalue weighted by Gasteiger charge is 2.16. The van der Waals surface area contributed by atoms with E-state index in [0.717, 1.165) is 30.4 Å². The third-order valence-corrected chi connectivity index (χ3v) is 5.78. The zero-order valence-electron chi connectivity index (χ0n) is 16.5. The highest BCUT2D eigenvalue weighted by molar-refractivity contribution is 7.88. The van der Waals surface area contributed by atoms with Crippen molar-refractivity contribution in [3.8, 4) is 5.75 Å². The summed E-state index contributed by atoms with van der Waals surface area (Å²) in [4.78, 5) is 0. The van der Waals surface area contributed by atoms with Crippen molar-refractivity contribution in [3.05, 3.63) is 65.7 Å². The van der Waals surface area contributed by atoms with Gasteiger partial charge in [-0.3, -0.25) is 0 Å². The molecule has 2 aromatic carbocycles. The number of aliphatic hydroxyl groups is 1. The number of ether oxygens (including phenoxy) is 1. The Hall–Kier alpha value is -1.93. The quantitative estimate of drug-likeness (QED) is 0.528. The first-order valence-corrected chi connectivity index (χ1v) is 11.2. The molecule has 0 aliphatic carbocycles. The molecule has 0 heterocycles. The van der Waals surface area contributed by atoms with Gasteiger partial charge in [-0.05, 0) is 36.1 Å². The number of rotatable bonds is 12. The van der Waals surface area contributed by atoms with Crippen molar-refractivity contribution >= 4 is 10.0 Å². The molecule has 1 unspecified atom stereocenters. The van der Waals surface area contributed by atoms with E-state index in [4.69, 9.17) is 4.74 Å². The summed E-state index contributed by atoms with van der Waals surface area (Å²) in [5, 5.41) is 12.6. The number of nitrogens with zero attached hydrogens (tertiary/aromatic N) is 1. The third-order valence-electron chi connectivity index (χ3n) is 4.50. The molecule has 0 aliphatic rings. The standard InChI is InChI=1S/C21H30N2O4S/c1-23(28(2,25)26)16-20(17-24)22-15-19-10-12-21(13-11-19)27-14-6-9-18-7-4-3-5-8-18/h3-5,7-8,10-13,20,22,24H,6,9,14-17H2,1-2H3. The Morgan fingerprint density at radius 2 is 1.75 bits per heavy atom. The second kappa shape index (κ2) is 11.2. The minimum atomic E-state index is -3.26. The highest BCUT2D eigenvalue weighted by Crippen LogP contribution is 2.13. The van der Waals surface area contributed by atoms with E-state index >= 15 is 0 Å². The fraction of sp³-hybridized carbons (Fsp3) is 0.429. The van der Waals surface area contributed by atoms with Gasteiger partial charge in [-0.1, -0.05) is 42.5 Å². The lowest BCUT2D eigenvalue weighted by atomic mass is 10.1. The summed E-state index contributed by atoms with van der Waals surface area (Å²) in [6.07, 6.45) is 3.10. The number of hydrogen-bond acceptors (Lipinski definition) is 5. The van der Waals surface area contributed by atoms with Crippen LogP contribution in [0.1, 0.15) is 17.5 Å². The zero-order valence-corrected chi connectivity index (χ0v) is 17.4. The van der Waals surface area contributed by atoms with Gasteiger partial charge in [-0.25, -0.2) is 12.7 Å². The van der Waals surface area contributed by atoms with Crippen LogP contribution in [0.2, 0.25) is 0 Å². The van der Waals surface area contributed by atoms with Crippen molar-refractivity contribution in [2.24, 2.45) is 0 Å². The van der Waals surface area contributed by atoms with E-state index in [1.54, 1.807) is 0 Å². The van der Waals surface area contributed by atoms with Crippen LogP contribution in [0.25, 0.3) is 0 Å². The molecule has 0 saturated carbocycles. The molecule has 0 aromatic heterocycles. The first kappa shape index (κ1) is 22.4. The van der Waals surface area contributed by atoms with Gasteiger partial charge in [-0.15, -0.1) is 0 Å². The predicted octanol–water partition coefficient (Wildman–Crippen LogP) is 2.04. The van der Waals surface area contributed by atoms with Crippen molar-refractivity contribution in [2.75, 3.05) is 33.1 Å². The van der Waals surface area contributed by atoms with E-state index in [1.807, 2.05) is 42.5 Å². The van der Waals surface area contributed by atoms with E-state index in [2.05, 4.69) is 17.4 Å². The Kier molecular flexibility index (Phi) is 8.92. The lowest BCUT2D eigenvalue weighted by molar-refractivity contribution is 0.224. The largest absolute Gasteiger partial charge is 0.494 e. The Bertz CT molecular complexity index is 795. The minimum absolute atomic E-state index is 0.136. The molecule has 7 heteroatoms. The fourth-order valence-electron chi connectivity index (χ4n) is 2.71. The van der Waals surface area contributed by atoms with Crippen LogP contribution in [0.3, 0.4) is 0 Å². The van der Waals surface area contributed by atoms with Crippen LogP contribution < -0.4 is 10.1 Å². The topological polar surface area (TPSA) is 78.9 Å². The maximum absolute atomic E-state index is 11.5. The molecule has 0 bridgehead atoms. The van der Waals surface area contributed by atoms with Crippen molar-refractivity contribution in [3.63, 3.8) is 0 Å². The molecule has 2 aromatic rings. The Morgan fingerprint density at radius 1 is 1.07 bits per heavy atom. The molecule has 6 nitrogen and oxygen atoms in total. The highest BCUT2D eigenvalue weighted by atomic mass is 32.2. The number of sulfonamides is 1. The average Bonchev–Trinajstić information content (AvgIpc) is 2.69. The van der Waals surface area contributed by atoms with Crippen LogP contribution >= 0.6 is 0 Å². The summed E-state index contributed by atoms with van der Waals surface area (Å²) in [7, 11) is -1.76. The molecule has 1 atom stereocenters. The van der Waals surface area contributed by atoms with E-state index < -0.39 is 10.0 Å². The van der Waals surface area contributed by atoms with Crippen molar-refractivity contribution in [2.45, 2.75) is 25.4 Å². The molecule has 0 radical (unpaired) electrons. The first-order chi connectivity index (χ1) is 13.4. The van der Waals surface area contributed by atoms with E-state index in [9.17, 15) is 13.5 Å². The smallest absolute Gasteiger partial charge is 0.211 e. The van der Waals surface area contributed by atoms with Gasteiger partial charge in [0.1, 0.15) is 5.75 Å². The van der Waals surface area contributed by atoms with Gasteiger partial charge in [-0.2, -0.15) is 0 Å². The molecule has 28 heavy (non-hydrogen) atoms. The Labute approximate surface area is 168 Å². The zero-order chi connectivity index (χ0) is 20.4. The van der Waals surface area contributed by atoms with Crippen LogP contribution in [0.4, 0.5) is 0 Å². The summed E-state index contributed by atoms with van der Waals surface area (Å²) in [6, 6.07) is 17.8. The van der Waals surface area contributed by atoms with Crippen molar-refractivity contribution in [1.29, 1.82) is 0 Å². The maximum atomic E-state index is 11.5.